The van der Waals surface area contributed by atoms with Crippen molar-refractivity contribution < 1.29 is 23.8 Å². The van der Waals surface area contributed by atoms with Crippen LogP contribution in [0.2, 0.25) is 0 Å². The molecule has 1 aromatic carbocycles. The van der Waals surface area contributed by atoms with Gasteiger partial charge in [-0.1, -0.05) is 12.1 Å². The summed E-state index contributed by atoms with van der Waals surface area (Å²) in [5.74, 6) is 0.120. The summed E-state index contributed by atoms with van der Waals surface area (Å²) in [6.45, 7) is 5.22. The van der Waals surface area contributed by atoms with Crippen LogP contribution in [0.3, 0.4) is 0 Å². The molecule has 0 unspecified atom stereocenters. The molecule has 0 atom stereocenters. The molecular formula is C17H23NO5. The average molecular weight is 321 g/mol. The molecule has 0 aliphatic heterocycles. The molecule has 0 heterocycles. The number of para-hydroxylation sites is 1. The van der Waals surface area contributed by atoms with Crippen LogP contribution in [0.4, 0.5) is 0 Å². The number of benzene rings is 1. The summed E-state index contributed by atoms with van der Waals surface area (Å²) in [6, 6.07) is 5.31. The molecule has 0 aliphatic rings. The smallest absolute Gasteiger partial charge is 0.331 e. The number of rotatable bonds is 6. The van der Waals surface area contributed by atoms with E-state index in [1.165, 1.54) is 20.3 Å². The Morgan fingerprint density at radius 2 is 1.87 bits per heavy atom. The molecule has 0 saturated carbocycles. The Balaban J connectivity index is 2.64. The largest absolute Gasteiger partial charge is 0.493 e. The molecule has 6 heteroatoms. The van der Waals surface area contributed by atoms with Crippen molar-refractivity contribution in [3.8, 4) is 11.5 Å². The Labute approximate surface area is 136 Å². The second-order valence-corrected chi connectivity index (χ2v) is 5.82. The summed E-state index contributed by atoms with van der Waals surface area (Å²) >= 11 is 0. The Morgan fingerprint density at radius 3 is 2.43 bits per heavy atom. The van der Waals surface area contributed by atoms with Crippen LogP contribution in [0.5, 0.6) is 11.5 Å². The molecule has 1 N–H and O–H groups in total. The fourth-order valence-corrected chi connectivity index (χ4v) is 1.84. The van der Waals surface area contributed by atoms with Crippen LogP contribution in [-0.2, 0) is 14.3 Å². The minimum absolute atomic E-state index is 0.324. The number of esters is 1. The molecule has 0 aromatic heterocycles. The van der Waals surface area contributed by atoms with Gasteiger partial charge in [-0.25, -0.2) is 4.79 Å². The monoisotopic (exact) mass is 321 g/mol. The average Bonchev–Trinajstić information content (AvgIpc) is 2.48. The maximum atomic E-state index is 11.7. The second kappa shape index (κ2) is 8.22. The van der Waals surface area contributed by atoms with Gasteiger partial charge in [-0.2, -0.15) is 0 Å². The van der Waals surface area contributed by atoms with E-state index in [0.29, 0.717) is 17.1 Å². The third-order valence-corrected chi connectivity index (χ3v) is 2.69. The minimum Gasteiger partial charge on any atom is -0.493 e. The topological polar surface area (TPSA) is 73.9 Å². The number of carbonyl (C=O) groups is 2. The number of carbonyl (C=O) groups excluding carboxylic acids is 2. The molecule has 0 fully saturated rings. The predicted octanol–water partition coefficient (Wildman–Crippen LogP) is 2.17. The van der Waals surface area contributed by atoms with Crippen LogP contribution < -0.4 is 14.8 Å². The van der Waals surface area contributed by atoms with Gasteiger partial charge in [0.1, 0.15) is 0 Å². The number of hydrogen-bond donors (Lipinski definition) is 1. The van der Waals surface area contributed by atoms with Gasteiger partial charge in [-0.05, 0) is 32.9 Å². The Morgan fingerprint density at radius 1 is 1.17 bits per heavy atom. The molecule has 0 bridgehead atoms. The van der Waals surface area contributed by atoms with Crippen molar-refractivity contribution in [3.05, 3.63) is 29.8 Å². The van der Waals surface area contributed by atoms with Crippen molar-refractivity contribution in [2.45, 2.75) is 26.3 Å². The third-order valence-electron chi connectivity index (χ3n) is 2.69. The van der Waals surface area contributed by atoms with Gasteiger partial charge in [-0.3, -0.25) is 4.79 Å². The predicted molar refractivity (Wildman–Crippen MR) is 87.4 cm³/mol. The standard InChI is InChI=1S/C17H23NO5/c1-17(2,3)18-14(19)11-23-15(20)10-9-12-7-6-8-13(21-4)16(12)22-5/h6-10H,11H2,1-5H3,(H,18,19)/b10-9+. The number of nitrogens with one attached hydrogen (secondary N) is 1. The fourth-order valence-electron chi connectivity index (χ4n) is 1.84. The molecule has 23 heavy (non-hydrogen) atoms. The Kier molecular flexibility index (Phi) is 6.63. The van der Waals surface area contributed by atoms with Gasteiger partial charge >= 0.3 is 5.97 Å². The molecule has 0 spiro atoms. The molecule has 0 saturated heterocycles. The van der Waals surface area contributed by atoms with Crippen LogP contribution in [0.25, 0.3) is 6.08 Å². The van der Waals surface area contributed by atoms with E-state index in [-0.39, 0.29) is 18.1 Å². The van der Waals surface area contributed by atoms with E-state index in [1.807, 2.05) is 20.8 Å². The zero-order valence-corrected chi connectivity index (χ0v) is 14.1. The first-order valence-corrected chi connectivity index (χ1v) is 7.13. The van der Waals surface area contributed by atoms with Gasteiger partial charge in [0.2, 0.25) is 0 Å². The van der Waals surface area contributed by atoms with Gasteiger partial charge in [0, 0.05) is 17.2 Å². The van der Waals surface area contributed by atoms with E-state index >= 15 is 0 Å². The number of hydrogen-bond acceptors (Lipinski definition) is 5. The van der Waals surface area contributed by atoms with E-state index in [0.717, 1.165) is 0 Å². The zero-order valence-electron chi connectivity index (χ0n) is 14.1. The normalized spacial score (nSPS) is 11.2. The molecule has 1 amide bonds. The van der Waals surface area contributed by atoms with Crippen LogP contribution in [-0.4, -0.2) is 38.2 Å². The van der Waals surface area contributed by atoms with Crippen LogP contribution in [0.1, 0.15) is 26.3 Å². The van der Waals surface area contributed by atoms with Gasteiger partial charge in [0.15, 0.2) is 18.1 Å². The van der Waals surface area contributed by atoms with Crippen LogP contribution >= 0.6 is 0 Å². The van der Waals surface area contributed by atoms with Crippen LogP contribution in [0, 0.1) is 0 Å². The van der Waals surface area contributed by atoms with Crippen molar-refractivity contribution in [1.29, 1.82) is 0 Å². The van der Waals surface area contributed by atoms with Gasteiger partial charge in [0.25, 0.3) is 5.91 Å². The summed E-state index contributed by atoms with van der Waals surface area (Å²) in [7, 11) is 3.05. The van der Waals surface area contributed by atoms with E-state index in [4.69, 9.17) is 14.2 Å². The SMILES string of the molecule is COc1cccc(/C=C/C(=O)OCC(=O)NC(C)(C)C)c1OC. The van der Waals surface area contributed by atoms with E-state index in [2.05, 4.69) is 5.32 Å². The highest BCUT2D eigenvalue weighted by Gasteiger charge is 2.14. The summed E-state index contributed by atoms with van der Waals surface area (Å²) in [5.41, 5.74) is 0.302. The quantitative estimate of drug-likeness (QED) is 0.642. The van der Waals surface area contributed by atoms with Gasteiger partial charge < -0.3 is 19.5 Å². The fraction of sp³-hybridized carbons (Fsp3) is 0.412. The highest BCUT2D eigenvalue weighted by molar-refractivity contribution is 5.90. The molecular weight excluding hydrogens is 298 g/mol. The van der Waals surface area contributed by atoms with Crippen molar-refractivity contribution in [2.24, 2.45) is 0 Å². The number of methoxy groups -OCH3 is 2. The van der Waals surface area contributed by atoms with E-state index in [1.54, 1.807) is 24.3 Å². The number of amides is 1. The molecule has 0 aliphatic carbocycles. The lowest BCUT2D eigenvalue weighted by atomic mass is 10.1. The lowest BCUT2D eigenvalue weighted by Gasteiger charge is -2.20. The number of ether oxygens (including phenoxy) is 3. The first kappa shape index (κ1) is 18.5. The summed E-state index contributed by atoms with van der Waals surface area (Å²) in [5, 5.41) is 2.70. The first-order chi connectivity index (χ1) is 10.8. The Hall–Kier alpha value is -2.50. The van der Waals surface area contributed by atoms with Crippen molar-refractivity contribution >= 4 is 18.0 Å². The first-order valence-electron chi connectivity index (χ1n) is 7.13. The third kappa shape index (κ3) is 6.42. The lowest BCUT2D eigenvalue weighted by molar-refractivity contribution is -0.144. The molecule has 1 aromatic rings. The molecule has 6 nitrogen and oxygen atoms in total. The summed E-state index contributed by atoms with van der Waals surface area (Å²) in [6.07, 6.45) is 2.78. The second-order valence-electron chi connectivity index (χ2n) is 5.82. The molecule has 126 valence electrons. The van der Waals surface area contributed by atoms with E-state index < -0.39 is 5.97 Å². The molecule has 1 rings (SSSR count). The van der Waals surface area contributed by atoms with Gasteiger partial charge in [-0.15, -0.1) is 0 Å². The summed E-state index contributed by atoms with van der Waals surface area (Å²) in [4.78, 5) is 23.3. The van der Waals surface area contributed by atoms with Crippen molar-refractivity contribution in [2.75, 3.05) is 20.8 Å². The maximum Gasteiger partial charge on any atom is 0.331 e. The van der Waals surface area contributed by atoms with Crippen molar-refractivity contribution in [1.82, 2.24) is 5.32 Å². The highest BCUT2D eigenvalue weighted by Crippen LogP contribution is 2.31. The zero-order chi connectivity index (χ0) is 17.5. The van der Waals surface area contributed by atoms with Gasteiger partial charge in [0.05, 0.1) is 14.2 Å². The van der Waals surface area contributed by atoms with E-state index in [9.17, 15) is 9.59 Å². The lowest BCUT2D eigenvalue weighted by Crippen LogP contribution is -2.42. The highest BCUT2D eigenvalue weighted by atomic mass is 16.5. The maximum absolute atomic E-state index is 11.7. The van der Waals surface area contributed by atoms with Crippen molar-refractivity contribution in [3.63, 3.8) is 0 Å². The molecule has 0 radical (unpaired) electrons. The summed E-state index contributed by atoms with van der Waals surface area (Å²) < 4.78 is 15.3. The van der Waals surface area contributed by atoms with Crippen LogP contribution in [0.15, 0.2) is 24.3 Å². The Bertz CT molecular complexity index is 587. The minimum atomic E-state index is -0.612.